The van der Waals surface area contributed by atoms with E-state index in [0.717, 1.165) is 14.2 Å². The molecule has 0 bridgehead atoms. The second-order valence-electron chi connectivity index (χ2n) is 0.365. The third-order valence-electron chi connectivity index (χ3n) is 0. The van der Waals surface area contributed by atoms with E-state index in [-0.39, 0.29) is 21.7 Å². The van der Waals surface area contributed by atoms with Crippen LogP contribution in [0.3, 0.4) is 0 Å². The summed E-state index contributed by atoms with van der Waals surface area (Å²) in [5.41, 5.74) is 0. The Kier molecular flexibility index (Phi) is 419. The first-order valence-corrected chi connectivity index (χ1v) is 2.08. The van der Waals surface area contributed by atoms with Gasteiger partial charge >= 0.3 is 0 Å². The van der Waals surface area contributed by atoms with Crippen LogP contribution >= 0.6 is 0 Å². The summed E-state index contributed by atoms with van der Waals surface area (Å²) in [7, 11) is 4.36. The smallest absolute Gasteiger partial charge is 0.0710 e. The molecule has 0 aromatic carbocycles. The maximum Gasteiger partial charge on any atom is 0.0710 e. The quantitative estimate of drug-likeness (QED) is 0.241. The molecular formula is C4H16O6Ti. The molecule has 0 aliphatic heterocycles. The van der Waals surface area contributed by atoms with Crippen LogP contribution < -0.4 is 0 Å². The van der Waals surface area contributed by atoms with Gasteiger partial charge in [0.2, 0.25) is 0 Å². The summed E-state index contributed by atoms with van der Waals surface area (Å²) < 4.78 is 0. The van der Waals surface area contributed by atoms with Crippen molar-refractivity contribution >= 4 is 0 Å². The molecule has 0 aromatic rings. The minimum absolute atomic E-state index is 0. The molecule has 6 nitrogen and oxygen atoms in total. The molecule has 0 fully saturated rings. The maximum atomic E-state index is 7.07. The normalized spacial score (nSPS) is 4.36. The van der Waals surface area contributed by atoms with Crippen LogP contribution in [-0.2, 0) is 31.5 Å². The molecule has 0 heterocycles. The fourth-order valence-electron chi connectivity index (χ4n) is 0. The summed E-state index contributed by atoms with van der Waals surface area (Å²) >= 11 is 0. The summed E-state index contributed by atoms with van der Waals surface area (Å²) in [6.45, 7) is 0. The van der Waals surface area contributed by atoms with Gasteiger partial charge in [0.15, 0.2) is 0 Å². The van der Waals surface area contributed by atoms with E-state index in [4.69, 9.17) is 20.7 Å². The zero-order valence-electron chi connectivity index (χ0n) is 7.11. The van der Waals surface area contributed by atoms with E-state index in [1.54, 1.807) is 0 Å². The van der Waals surface area contributed by atoms with Crippen LogP contribution in [0.25, 0.3) is 0 Å². The standard InChI is InChI=1S/2CH4O2.2CH4O.Ti/c2*1-3-2;2*1-2;/h2*2H,1H3;2*2H,1H3;. The van der Waals surface area contributed by atoms with Crippen LogP contribution in [0.4, 0.5) is 0 Å². The summed E-state index contributed by atoms with van der Waals surface area (Å²) in [5.74, 6) is 0. The van der Waals surface area contributed by atoms with Gasteiger partial charge in [-0.3, -0.25) is 10.5 Å². The van der Waals surface area contributed by atoms with Crippen LogP contribution in [0.5, 0.6) is 0 Å². The molecule has 72 valence electrons. The van der Waals surface area contributed by atoms with Crippen molar-refractivity contribution < 1.29 is 52.2 Å². The molecular weight excluding hydrogens is 192 g/mol. The number of aliphatic hydroxyl groups is 2. The van der Waals surface area contributed by atoms with E-state index in [0.29, 0.717) is 0 Å². The van der Waals surface area contributed by atoms with Crippen LogP contribution in [-0.4, -0.2) is 49.2 Å². The fourth-order valence-corrected chi connectivity index (χ4v) is 0. The maximum absolute atomic E-state index is 7.07. The van der Waals surface area contributed by atoms with E-state index in [1.165, 1.54) is 14.2 Å². The van der Waals surface area contributed by atoms with Crippen LogP contribution in [0.1, 0.15) is 0 Å². The van der Waals surface area contributed by atoms with Gasteiger partial charge in [0.05, 0.1) is 14.2 Å². The first-order chi connectivity index (χ1) is 4.83. The first-order valence-electron chi connectivity index (χ1n) is 2.08. The molecule has 11 heavy (non-hydrogen) atoms. The zero-order valence-corrected chi connectivity index (χ0v) is 8.67. The van der Waals surface area contributed by atoms with Gasteiger partial charge in [-0.15, -0.1) is 0 Å². The van der Waals surface area contributed by atoms with Gasteiger partial charge in [-0.25, -0.2) is 9.78 Å². The molecule has 0 radical (unpaired) electrons. The predicted octanol–water partition coefficient (Wildman–Crippen LogP) is -0.574. The molecule has 7 heteroatoms. The summed E-state index contributed by atoms with van der Waals surface area (Å²) in [5, 5.41) is 28.1. The average Bonchev–Trinajstić information content (AvgIpc) is 1.99. The SMILES string of the molecule is CO.CO.COO.COO.[Ti]. The van der Waals surface area contributed by atoms with Gasteiger partial charge in [0, 0.05) is 35.9 Å². The van der Waals surface area contributed by atoms with E-state index in [1.807, 2.05) is 0 Å². The van der Waals surface area contributed by atoms with Gasteiger partial charge in [-0.05, 0) is 0 Å². The summed E-state index contributed by atoms with van der Waals surface area (Å²) in [6, 6.07) is 0. The minimum atomic E-state index is 0. The molecule has 0 aliphatic rings. The molecule has 0 aliphatic carbocycles. The van der Waals surface area contributed by atoms with Crippen molar-refractivity contribution in [1.29, 1.82) is 0 Å². The van der Waals surface area contributed by atoms with Crippen molar-refractivity contribution in [1.82, 2.24) is 0 Å². The van der Waals surface area contributed by atoms with Crippen molar-refractivity contribution in [3.05, 3.63) is 0 Å². The van der Waals surface area contributed by atoms with E-state index in [2.05, 4.69) is 9.78 Å². The number of aliphatic hydroxyl groups excluding tert-OH is 2. The molecule has 0 spiro atoms. The first kappa shape index (κ1) is 30.0. The molecule has 0 atom stereocenters. The van der Waals surface area contributed by atoms with E-state index in [9.17, 15) is 0 Å². The topological polar surface area (TPSA) is 99.4 Å². The Hall–Kier alpha value is 0.474. The molecule has 0 saturated heterocycles. The van der Waals surface area contributed by atoms with Crippen molar-refractivity contribution in [3.63, 3.8) is 0 Å². The van der Waals surface area contributed by atoms with Crippen LogP contribution in [0.2, 0.25) is 0 Å². The minimum Gasteiger partial charge on any atom is -0.400 e. The Balaban J connectivity index is -0.0000000144. The molecule has 0 rings (SSSR count). The van der Waals surface area contributed by atoms with Gasteiger partial charge in [0.1, 0.15) is 0 Å². The van der Waals surface area contributed by atoms with Crippen LogP contribution in [0, 0.1) is 0 Å². The predicted molar refractivity (Wildman–Crippen MR) is 35.6 cm³/mol. The fraction of sp³-hybridized carbons (Fsp3) is 1.00. The van der Waals surface area contributed by atoms with Crippen molar-refractivity contribution in [2.75, 3.05) is 28.4 Å². The molecule has 4 N–H and O–H groups in total. The second kappa shape index (κ2) is 154. The third kappa shape index (κ3) is 3340. The van der Waals surface area contributed by atoms with Crippen LogP contribution in [0.15, 0.2) is 0 Å². The molecule has 0 aromatic heterocycles. The van der Waals surface area contributed by atoms with Crippen molar-refractivity contribution in [2.24, 2.45) is 0 Å². The number of hydrogen-bond donors (Lipinski definition) is 4. The monoisotopic (exact) mass is 208 g/mol. The van der Waals surface area contributed by atoms with Crippen molar-refractivity contribution in [2.45, 2.75) is 0 Å². The van der Waals surface area contributed by atoms with Gasteiger partial charge < -0.3 is 10.2 Å². The Bertz CT molecular complexity index is 16.5. The Morgan fingerprint density at radius 3 is 0.727 bits per heavy atom. The average molecular weight is 208 g/mol. The molecule has 0 saturated carbocycles. The third-order valence-corrected chi connectivity index (χ3v) is 0. The van der Waals surface area contributed by atoms with Gasteiger partial charge in [-0.2, -0.15) is 0 Å². The van der Waals surface area contributed by atoms with E-state index < -0.39 is 0 Å². The van der Waals surface area contributed by atoms with Gasteiger partial charge in [0.25, 0.3) is 0 Å². The van der Waals surface area contributed by atoms with Gasteiger partial charge in [-0.1, -0.05) is 0 Å². The summed E-state index contributed by atoms with van der Waals surface area (Å²) in [4.78, 5) is 6.50. The largest absolute Gasteiger partial charge is 0.400 e. The van der Waals surface area contributed by atoms with Crippen molar-refractivity contribution in [3.8, 4) is 0 Å². The Labute approximate surface area is 81.1 Å². The second-order valence-corrected chi connectivity index (χ2v) is 0.365. The Morgan fingerprint density at radius 2 is 0.727 bits per heavy atom. The van der Waals surface area contributed by atoms with E-state index >= 15 is 0 Å². The Morgan fingerprint density at radius 1 is 0.727 bits per heavy atom. The number of hydrogen-bond acceptors (Lipinski definition) is 6. The number of rotatable bonds is 0. The zero-order chi connectivity index (χ0) is 9.41. The molecule has 0 amide bonds. The summed E-state index contributed by atoms with van der Waals surface area (Å²) in [6.07, 6.45) is 0. The molecule has 0 unspecified atom stereocenters.